The molecule has 0 bridgehead atoms. The molecule has 1 heterocycles. The second kappa shape index (κ2) is 7.63. The minimum atomic E-state index is -1.06. The number of amides is 2. The van der Waals surface area contributed by atoms with Crippen LogP contribution in [0.5, 0.6) is 0 Å². The third kappa shape index (κ3) is 4.05. The molecule has 5 nitrogen and oxygen atoms in total. The van der Waals surface area contributed by atoms with E-state index in [1.807, 2.05) is 60.7 Å². The quantitative estimate of drug-likeness (QED) is 0.635. The van der Waals surface area contributed by atoms with E-state index in [4.69, 9.17) is 0 Å². The Balaban J connectivity index is 1.79. The van der Waals surface area contributed by atoms with Gasteiger partial charge in [-0.25, -0.2) is 9.59 Å². The number of hydrogen-bond donors (Lipinski definition) is 3. The topological polar surface area (TPSA) is 78.4 Å². The number of anilines is 1. The molecule has 0 spiro atoms. The summed E-state index contributed by atoms with van der Waals surface area (Å²) in [5.41, 5.74) is 2.82. The lowest BCUT2D eigenvalue weighted by Gasteiger charge is -2.10. The summed E-state index contributed by atoms with van der Waals surface area (Å²) in [7, 11) is 0. The van der Waals surface area contributed by atoms with E-state index in [-0.39, 0.29) is 4.88 Å². The number of carbonyl (C=O) groups excluding carboxylic acids is 1. The van der Waals surface area contributed by atoms with E-state index in [0.717, 1.165) is 22.5 Å². The van der Waals surface area contributed by atoms with Crippen LogP contribution >= 0.6 is 11.3 Å². The van der Waals surface area contributed by atoms with Gasteiger partial charge in [-0.15, -0.1) is 11.3 Å². The van der Waals surface area contributed by atoms with E-state index in [0.29, 0.717) is 17.8 Å². The number of benzene rings is 2. The molecule has 2 aromatic carbocycles. The van der Waals surface area contributed by atoms with Crippen LogP contribution in [-0.4, -0.2) is 17.1 Å². The molecule has 0 saturated heterocycles. The monoisotopic (exact) mass is 352 g/mol. The van der Waals surface area contributed by atoms with Gasteiger partial charge in [-0.05, 0) is 11.1 Å². The lowest BCUT2D eigenvalue weighted by atomic mass is 10.1. The van der Waals surface area contributed by atoms with Gasteiger partial charge in [-0.1, -0.05) is 60.7 Å². The first-order valence-electron chi connectivity index (χ1n) is 7.64. The zero-order valence-electron chi connectivity index (χ0n) is 13.2. The van der Waals surface area contributed by atoms with Crippen molar-refractivity contribution in [3.8, 4) is 11.1 Å². The van der Waals surface area contributed by atoms with Gasteiger partial charge in [0.1, 0.15) is 4.88 Å². The van der Waals surface area contributed by atoms with Crippen LogP contribution < -0.4 is 10.6 Å². The molecule has 1 aromatic heterocycles. The zero-order chi connectivity index (χ0) is 17.6. The molecule has 126 valence electrons. The number of urea groups is 1. The molecule has 0 fully saturated rings. The Morgan fingerprint density at radius 3 is 2.24 bits per heavy atom. The minimum Gasteiger partial charge on any atom is -0.477 e. The Kier molecular flexibility index (Phi) is 5.11. The Bertz CT molecular complexity index is 876. The molecule has 3 N–H and O–H groups in total. The molecular formula is C19H16N2O3S. The number of carboxylic acid groups (broad SMARTS) is 1. The minimum absolute atomic E-state index is 0.105. The Morgan fingerprint density at radius 1 is 0.960 bits per heavy atom. The summed E-state index contributed by atoms with van der Waals surface area (Å²) in [5.74, 6) is -1.06. The maximum atomic E-state index is 12.2. The molecule has 6 heteroatoms. The first kappa shape index (κ1) is 16.7. The highest BCUT2D eigenvalue weighted by Crippen LogP contribution is 2.36. The highest BCUT2D eigenvalue weighted by molar-refractivity contribution is 7.13. The second-order valence-electron chi connectivity index (χ2n) is 5.32. The SMILES string of the molecule is O=C(NCc1ccccc1)Nc1c(-c2ccccc2)csc1C(=O)O. The molecule has 3 rings (SSSR count). The van der Waals surface area contributed by atoms with Crippen molar-refractivity contribution in [2.75, 3.05) is 5.32 Å². The summed E-state index contributed by atoms with van der Waals surface area (Å²) < 4.78 is 0. The van der Waals surface area contributed by atoms with Crippen LogP contribution in [0.2, 0.25) is 0 Å². The van der Waals surface area contributed by atoms with E-state index in [9.17, 15) is 14.7 Å². The van der Waals surface area contributed by atoms with E-state index < -0.39 is 12.0 Å². The van der Waals surface area contributed by atoms with Gasteiger partial charge >= 0.3 is 12.0 Å². The lowest BCUT2D eigenvalue weighted by molar-refractivity contribution is 0.0703. The van der Waals surface area contributed by atoms with Crippen LogP contribution in [-0.2, 0) is 6.54 Å². The van der Waals surface area contributed by atoms with Crippen LogP contribution in [0.15, 0.2) is 66.0 Å². The number of carbonyl (C=O) groups is 2. The van der Waals surface area contributed by atoms with Crippen molar-refractivity contribution < 1.29 is 14.7 Å². The van der Waals surface area contributed by atoms with Crippen LogP contribution in [0.4, 0.5) is 10.5 Å². The van der Waals surface area contributed by atoms with Crippen LogP contribution in [0.25, 0.3) is 11.1 Å². The summed E-state index contributed by atoms with van der Waals surface area (Å²) in [6, 6.07) is 18.4. The summed E-state index contributed by atoms with van der Waals surface area (Å²) >= 11 is 1.09. The predicted molar refractivity (Wildman–Crippen MR) is 99.0 cm³/mol. The van der Waals surface area contributed by atoms with Crippen molar-refractivity contribution in [3.05, 3.63) is 76.5 Å². The molecule has 25 heavy (non-hydrogen) atoms. The summed E-state index contributed by atoms with van der Waals surface area (Å²) in [6.07, 6.45) is 0. The maximum Gasteiger partial charge on any atom is 0.348 e. The average Bonchev–Trinajstić information content (AvgIpc) is 3.05. The Labute approximate surface area is 148 Å². The molecule has 0 radical (unpaired) electrons. The third-order valence-corrected chi connectivity index (χ3v) is 4.57. The first-order valence-corrected chi connectivity index (χ1v) is 8.52. The summed E-state index contributed by atoms with van der Waals surface area (Å²) in [4.78, 5) is 23.8. The number of rotatable bonds is 5. The number of aromatic carboxylic acids is 1. The lowest BCUT2D eigenvalue weighted by Crippen LogP contribution is -2.28. The first-order chi connectivity index (χ1) is 12.1. The second-order valence-corrected chi connectivity index (χ2v) is 6.20. The van der Waals surface area contributed by atoms with E-state index >= 15 is 0 Å². The van der Waals surface area contributed by atoms with Crippen LogP contribution in [0, 0.1) is 0 Å². The number of thiophene rings is 1. The third-order valence-electron chi connectivity index (χ3n) is 3.60. The highest BCUT2D eigenvalue weighted by atomic mass is 32.1. The van der Waals surface area contributed by atoms with Gasteiger partial charge in [0, 0.05) is 17.5 Å². The summed E-state index contributed by atoms with van der Waals surface area (Å²) in [5, 5.41) is 16.6. The van der Waals surface area contributed by atoms with Gasteiger partial charge < -0.3 is 15.7 Å². The number of hydrogen-bond acceptors (Lipinski definition) is 3. The van der Waals surface area contributed by atoms with Crippen molar-refractivity contribution in [2.24, 2.45) is 0 Å². The van der Waals surface area contributed by atoms with Crippen molar-refractivity contribution in [1.82, 2.24) is 5.32 Å². The zero-order valence-corrected chi connectivity index (χ0v) is 14.0. The fourth-order valence-corrected chi connectivity index (χ4v) is 3.27. The van der Waals surface area contributed by atoms with Crippen molar-refractivity contribution in [3.63, 3.8) is 0 Å². The predicted octanol–water partition coefficient (Wildman–Crippen LogP) is 4.44. The van der Waals surface area contributed by atoms with Crippen molar-refractivity contribution >= 4 is 29.0 Å². The largest absolute Gasteiger partial charge is 0.477 e. The standard InChI is InChI=1S/C19H16N2O3S/c22-18(23)17-16(15(12-25-17)14-9-5-2-6-10-14)21-19(24)20-11-13-7-3-1-4-8-13/h1-10,12H,11H2,(H,22,23)(H2,20,21,24). The van der Waals surface area contributed by atoms with E-state index in [2.05, 4.69) is 10.6 Å². The highest BCUT2D eigenvalue weighted by Gasteiger charge is 2.20. The molecule has 0 aliphatic heterocycles. The van der Waals surface area contributed by atoms with E-state index in [1.54, 1.807) is 5.38 Å². The van der Waals surface area contributed by atoms with Crippen molar-refractivity contribution in [1.29, 1.82) is 0 Å². The van der Waals surface area contributed by atoms with Crippen molar-refractivity contribution in [2.45, 2.75) is 6.54 Å². The molecule has 0 aliphatic rings. The Morgan fingerprint density at radius 2 is 1.60 bits per heavy atom. The van der Waals surface area contributed by atoms with Gasteiger partial charge in [-0.2, -0.15) is 0 Å². The van der Waals surface area contributed by atoms with Gasteiger partial charge in [0.2, 0.25) is 0 Å². The van der Waals surface area contributed by atoms with Crippen LogP contribution in [0.1, 0.15) is 15.2 Å². The molecule has 3 aromatic rings. The summed E-state index contributed by atoms with van der Waals surface area (Å²) in [6.45, 7) is 0.361. The number of nitrogens with one attached hydrogen (secondary N) is 2. The maximum absolute atomic E-state index is 12.2. The van der Waals surface area contributed by atoms with Gasteiger partial charge in [-0.3, -0.25) is 0 Å². The molecule has 0 atom stereocenters. The Hall–Kier alpha value is -3.12. The fraction of sp³-hybridized carbons (Fsp3) is 0.0526. The molecular weight excluding hydrogens is 336 g/mol. The molecule has 0 unspecified atom stereocenters. The number of carboxylic acids is 1. The van der Waals surface area contributed by atoms with Gasteiger partial charge in [0.05, 0.1) is 5.69 Å². The fourth-order valence-electron chi connectivity index (χ4n) is 2.41. The van der Waals surface area contributed by atoms with E-state index in [1.165, 1.54) is 0 Å². The normalized spacial score (nSPS) is 10.2. The van der Waals surface area contributed by atoms with Gasteiger partial charge in [0.15, 0.2) is 0 Å². The average molecular weight is 352 g/mol. The molecule has 0 saturated carbocycles. The molecule has 2 amide bonds. The van der Waals surface area contributed by atoms with Crippen LogP contribution in [0.3, 0.4) is 0 Å². The van der Waals surface area contributed by atoms with Gasteiger partial charge in [0.25, 0.3) is 0 Å². The molecule has 0 aliphatic carbocycles. The smallest absolute Gasteiger partial charge is 0.348 e.